The summed E-state index contributed by atoms with van der Waals surface area (Å²) in [6.07, 6.45) is 2.30. The molecular weight excluding hydrogens is 218 g/mol. The van der Waals surface area contributed by atoms with E-state index in [0.717, 1.165) is 25.9 Å². The summed E-state index contributed by atoms with van der Waals surface area (Å²) in [5, 5.41) is 3.04. The Morgan fingerprint density at radius 2 is 2.18 bits per heavy atom. The van der Waals surface area contributed by atoms with Crippen LogP contribution >= 0.6 is 0 Å². The number of carbonyl (C=O) groups excluding carboxylic acids is 1. The fourth-order valence-corrected chi connectivity index (χ4v) is 2.08. The molecule has 1 amide bonds. The van der Waals surface area contributed by atoms with Crippen LogP contribution in [0.2, 0.25) is 0 Å². The molecule has 2 fully saturated rings. The third kappa shape index (κ3) is 3.40. The summed E-state index contributed by atoms with van der Waals surface area (Å²) in [5.74, 6) is 0.137. The van der Waals surface area contributed by atoms with Gasteiger partial charge in [0.05, 0.1) is 18.8 Å². The van der Waals surface area contributed by atoms with E-state index in [4.69, 9.17) is 10.5 Å². The maximum Gasteiger partial charge on any atom is 0.237 e. The van der Waals surface area contributed by atoms with Crippen LogP contribution in [0.3, 0.4) is 0 Å². The summed E-state index contributed by atoms with van der Waals surface area (Å²) in [6, 6.07) is 0.354. The molecule has 98 valence electrons. The van der Waals surface area contributed by atoms with Crippen molar-refractivity contribution in [2.45, 2.75) is 50.9 Å². The molecule has 2 rings (SSSR count). The molecule has 3 unspecified atom stereocenters. The average molecular weight is 241 g/mol. The fraction of sp³-hybridized carbons (Fsp3) is 0.917. The second kappa shape index (κ2) is 5.33. The first-order chi connectivity index (χ1) is 8.08. The van der Waals surface area contributed by atoms with Gasteiger partial charge in [-0.25, -0.2) is 0 Å². The Morgan fingerprint density at radius 3 is 2.76 bits per heavy atom. The monoisotopic (exact) mass is 241 g/mol. The zero-order valence-electron chi connectivity index (χ0n) is 10.7. The summed E-state index contributed by atoms with van der Waals surface area (Å²) in [7, 11) is 0. The molecule has 3 N–H and O–H groups in total. The molecule has 0 spiro atoms. The van der Waals surface area contributed by atoms with Crippen LogP contribution in [0, 0.1) is 0 Å². The van der Waals surface area contributed by atoms with E-state index in [2.05, 4.69) is 10.2 Å². The Bertz CT molecular complexity index is 279. The van der Waals surface area contributed by atoms with E-state index in [1.165, 1.54) is 0 Å². The van der Waals surface area contributed by atoms with Crippen LogP contribution in [-0.2, 0) is 9.53 Å². The number of nitrogens with one attached hydrogen (secondary N) is 1. The first-order valence-corrected chi connectivity index (χ1v) is 6.49. The van der Waals surface area contributed by atoms with Gasteiger partial charge in [-0.2, -0.15) is 0 Å². The molecule has 1 aliphatic heterocycles. The van der Waals surface area contributed by atoms with Gasteiger partial charge in [0.15, 0.2) is 0 Å². The number of hydrogen-bond acceptors (Lipinski definition) is 4. The number of rotatable bonds is 4. The van der Waals surface area contributed by atoms with Gasteiger partial charge in [-0.3, -0.25) is 9.69 Å². The highest BCUT2D eigenvalue weighted by molar-refractivity contribution is 5.81. The molecule has 17 heavy (non-hydrogen) atoms. The van der Waals surface area contributed by atoms with Gasteiger partial charge in [0, 0.05) is 25.2 Å². The van der Waals surface area contributed by atoms with Gasteiger partial charge < -0.3 is 15.8 Å². The van der Waals surface area contributed by atoms with E-state index in [9.17, 15) is 4.79 Å². The number of nitrogens with two attached hydrogens (primary N) is 1. The summed E-state index contributed by atoms with van der Waals surface area (Å²) < 4.78 is 5.59. The highest BCUT2D eigenvalue weighted by Crippen LogP contribution is 2.19. The van der Waals surface area contributed by atoms with Crippen molar-refractivity contribution in [3.8, 4) is 0 Å². The molecule has 0 bridgehead atoms. The van der Waals surface area contributed by atoms with Crippen molar-refractivity contribution in [2.75, 3.05) is 19.7 Å². The highest BCUT2D eigenvalue weighted by atomic mass is 16.5. The molecule has 3 atom stereocenters. The van der Waals surface area contributed by atoms with Crippen molar-refractivity contribution < 1.29 is 9.53 Å². The molecule has 2 aliphatic rings. The van der Waals surface area contributed by atoms with Crippen molar-refractivity contribution in [1.29, 1.82) is 0 Å². The molecule has 1 saturated heterocycles. The van der Waals surface area contributed by atoms with Crippen LogP contribution in [-0.4, -0.2) is 54.7 Å². The lowest BCUT2D eigenvalue weighted by Crippen LogP contribution is -2.55. The average Bonchev–Trinajstić information content (AvgIpc) is 3.12. The smallest absolute Gasteiger partial charge is 0.237 e. The van der Waals surface area contributed by atoms with Crippen LogP contribution in [0.5, 0.6) is 0 Å². The van der Waals surface area contributed by atoms with Gasteiger partial charge in [-0.1, -0.05) is 0 Å². The minimum atomic E-state index is -0.0826. The van der Waals surface area contributed by atoms with Crippen molar-refractivity contribution in [2.24, 2.45) is 5.73 Å². The normalized spacial score (nSPS) is 29.7. The molecular formula is C12H23N3O2. The van der Waals surface area contributed by atoms with Crippen LogP contribution in [0.4, 0.5) is 0 Å². The second-order valence-corrected chi connectivity index (χ2v) is 5.22. The Morgan fingerprint density at radius 1 is 1.47 bits per heavy atom. The fourth-order valence-electron chi connectivity index (χ4n) is 2.08. The van der Waals surface area contributed by atoms with E-state index < -0.39 is 0 Å². The van der Waals surface area contributed by atoms with Gasteiger partial charge >= 0.3 is 0 Å². The van der Waals surface area contributed by atoms with Gasteiger partial charge in [0.25, 0.3) is 0 Å². The number of ether oxygens (including phenoxy) is 1. The molecule has 0 aromatic carbocycles. The van der Waals surface area contributed by atoms with Crippen LogP contribution < -0.4 is 11.1 Å². The summed E-state index contributed by atoms with van der Waals surface area (Å²) in [6.45, 7) is 6.12. The van der Waals surface area contributed by atoms with Gasteiger partial charge in [-0.05, 0) is 26.7 Å². The van der Waals surface area contributed by atoms with Crippen molar-refractivity contribution in [1.82, 2.24) is 10.2 Å². The molecule has 1 heterocycles. The molecule has 0 aromatic heterocycles. The summed E-state index contributed by atoms with van der Waals surface area (Å²) >= 11 is 0. The van der Waals surface area contributed by atoms with Crippen molar-refractivity contribution >= 4 is 5.91 Å². The molecule has 0 aromatic rings. The third-order valence-electron chi connectivity index (χ3n) is 3.56. The Kier molecular flexibility index (Phi) is 4.01. The van der Waals surface area contributed by atoms with Crippen LogP contribution in [0.25, 0.3) is 0 Å². The topological polar surface area (TPSA) is 67.6 Å². The SMILES string of the molecule is CC(N)C1CN(C(C)C(=O)NC2CC2)CCO1. The lowest BCUT2D eigenvalue weighted by atomic mass is 10.1. The Labute approximate surface area is 103 Å². The predicted molar refractivity (Wildman–Crippen MR) is 65.6 cm³/mol. The number of nitrogens with zero attached hydrogens (tertiary/aromatic N) is 1. The standard InChI is InChI=1S/C12H23N3O2/c1-8(13)11-7-15(5-6-17-11)9(2)12(16)14-10-3-4-10/h8-11H,3-7,13H2,1-2H3,(H,14,16). The second-order valence-electron chi connectivity index (χ2n) is 5.22. The Hall–Kier alpha value is -0.650. The lowest BCUT2D eigenvalue weighted by Gasteiger charge is -2.37. The molecule has 5 nitrogen and oxygen atoms in total. The van der Waals surface area contributed by atoms with Crippen molar-refractivity contribution in [3.05, 3.63) is 0 Å². The van der Waals surface area contributed by atoms with Crippen LogP contribution in [0.1, 0.15) is 26.7 Å². The van der Waals surface area contributed by atoms with Crippen molar-refractivity contribution in [3.63, 3.8) is 0 Å². The zero-order chi connectivity index (χ0) is 12.4. The number of hydrogen-bond donors (Lipinski definition) is 2. The lowest BCUT2D eigenvalue weighted by molar-refractivity contribution is -0.129. The maximum absolute atomic E-state index is 11.9. The molecule has 5 heteroatoms. The minimum Gasteiger partial charge on any atom is -0.374 e. The van der Waals surface area contributed by atoms with E-state index >= 15 is 0 Å². The largest absolute Gasteiger partial charge is 0.374 e. The number of carbonyl (C=O) groups is 1. The van der Waals surface area contributed by atoms with E-state index in [1.54, 1.807) is 0 Å². The molecule has 1 aliphatic carbocycles. The van der Waals surface area contributed by atoms with Crippen LogP contribution in [0.15, 0.2) is 0 Å². The van der Waals surface area contributed by atoms with Gasteiger partial charge in [0.2, 0.25) is 5.91 Å². The maximum atomic E-state index is 11.9. The van der Waals surface area contributed by atoms with Gasteiger partial charge in [-0.15, -0.1) is 0 Å². The molecule has 1 saturated carbocycles. The summed E-state index contributed by atoms with van der Waals surface area (Å²) in [5.41, 5.74) is 5.84. The quantitative estimate of drug-likeness (QED) is 0.709. The van der Waals surface area contributed by atoms with E-state index in [1.807, 2.05) is 13.8 Å². The number of amides is 1. The van der Waals surface area contributed by atoms with E-state index in [-0.39, 0.29) is 24.1 Å². The third-order valence-corrected chi connectivity index (χ3v) is 3.56. The Balaban J connectivity index is 1.84. The first kappa shape index (κ1) is 12.8. The minimum absolute atomic E-state index is 0.0106. The highest BCUT2D eigenvalue weighted by Gasteiger charge is 2.32. The predicted octanol–water partition coefficient (Wildman–Crippen LogP) is -0.298. The first-order valence-electron chi connectivity index (χ1n) is 6.49. The molecule has 0 radical (unpaired) electrons. The summed E-state index contributed by atoms with van der Waals surface area (Å²) in [4.78, 5) is 14.1. The van der Waals surface area contributed by atoms with Gasteiger partial charge in [0.1, 0.15) is 0 Å². The van der Waals surface area contributed by atoms with E-state index in [0.29, 0.717) is 12.6 Å². The zero-order valence-corrected chi connectivity index (χ0v) is 10.7. The number of morpholine rings is 1.